The number of hydrogen-bond acceptors (Lipinski definition) is 21. The minimum absolute atomic E-state index is 0.114. The Balaban J connectivity index is 2.19. The maximum atomic E-state index is 12.6. The molecule has 0 bridgehead atoms. The van der Waals surface area contributed by atoms with Gasteiger partial charge in [0.15, 0.2) is 27.9 Å². The van der Waals surface area contributed by atoms with E-state index in [1.54, 1.807) is 0 Å². The smallest absolute Gasteiger partial charge is 0.296 e. The SMILES string of the molecule is CN=Nc1c(S(=O)(=O)O)cc2c(SOOO)cc(N=Nc3ccc(S(=O)(=O)CCOSOOO)cc3S(=O)(=O)O)c(N)c2c1O. The summed E-state index contributed by atoms with van der Waals surface area (Å²) in [5, 5.41) is 48.3. The highest BCUT2D eigenvalue weighted by Gasteiger charge is 2.27. The lowest BCUT2D eigenvalue weighted by atomic mass is 10.0. The van der Waals surface area contributed by atoms with Crippen molar-refractivity contribution in [1.82, 2.24) is 0 Å². The Bertz CT molecular complexity index is 1970. The van der Waals surface area contributed by atoms with Gasteiger partial charge >= 0.3 is 0 Å². The Kier molecular flexibility index (Phi) is 12.1. The molecule has 0 spiro atoms. The largest absolute Gasteiger partial charge is 0.505 e. The van der Waals surface area contributed by atoms with Crippen molar-refractivity contribution < 1.29 is 72.9 Å². The van der Waals surface area contributed by atoms with Crippen molar-refractivity contribution in [3.8, 4) is 5.75 Å². The molecule has 0 aliphatic carbocycles. The van der Waals surface area contributed by atoms with E-state index in [9.17, 15) is 39.5 Å². The molecule has 21 nitrogen and oxygen atoms in total. The number of benzene rings is 3. The average molecular weight is 734 g/mol. The molecule has 0 heterocycles. The van der Waals surface area contributed by atoms with Crippen molar-refractivity contribution in [3.05, 3.63) is 30.3 Å². The highest BCUT2D eigenvalue weighted by Crippen LogP contribution is 2.49. The summed E-state index contributed by atoms with van der Waals surface area (Å²) in [5.74, 6) is -1.60. The first-order valence-electron chi connectivity index (χ1n) is 11.1. The minimum atomic E-state index is -5.12. The van der Waals surface area contributed by atoms with E-state index < -0.39 is 79.9 Å². The molecule has 0 aromatic heterocycles. The Hall–Kier alpha value is -3.09. The van der Waals surface area contributed by atoms with E-state index in [-0.39, 0.29) is 45.7 Å². The van der Waals surface area contributed by atoms with Crippen molar-refractivity contribution in [2.75, 3.05) is 25.1 Å². The molecule has 246 valence electrons. The van der Waals surface area contributed by atoms with Crippen LogP contribution in [-0.4, -0.2) is 69.4 Å². The van der Waals surface area contributed by atoms with Crippen molar-refractivity contribution in [2.24, 2.45) is 20.5 Å². The monoisotopic (exact) mass is 733 g/mol. The number of nitrogens with two attached hydrogens (primary N) is 1. The third-order valence-electron chi connectivity index (χ3n) is 5.33. The lowest BCUT2D eigenvalue weighted by Gasteiger charge is -2.14. The molecule has 0 aliphatic rings. The first-order valence-corrected chi connectivity index (χ1v) is 17.1. The van der Waals surface area contributed by atoms with Crippen LogP contribution in [0.2, 0.25) is 0 Å². The molecule has 45 heavy (non-hydrogen) atoms. The lowest BCUT2D eigenvalue weighted by Crippen LogP contribution is -2.12. The van der Waals surface area contributed by atoms with Crippen LogP contribution in [-0.2, 0) is 53.0 Å². The highest BCUT2D eigenvalue weighted by atomic mass is 32.2. The highest BCUT2D eigenvalue weighted by molar-refractivity contribution is 7.94. The summed E-state index contributed by atoms with van der Waals surface area (Å²) in [4.78, 5) is -2.60. The maximum absolute atomic E-state index is 12.6. The predicted octanol–water partition coefficient (Wildman–Crippen LogP) is 3.95. The molecule has 0 saturated heterocycles. The summed E-state index contributed by atoms with van der Waals surface area (Å²) in [6, 6.07) is 4.35. The quantitative estimate of drug-likeness (QED) is 0.0245. The average Bonchev–Trinajstić information content (AvgIpc) is 2.96. The van der Waals surface area contributed by atoms with Gasteiger partial charge in [-0.2, -0.15) is 27.1 Å². The van der Waals surface area contributed by atoms with Crippen LogP contribution in [0.5, 0.6) is 5.75 Å². The number of hydrogen-bond donors (Lipinski definition) is 6. The van der Waals surface area contributed by atoms with Crippen molar-refractivity contribution >= 4 is 88.0 Å². The Morgan fingerprint density at radius 2 is 1.51 bits per heavy atom. The van der Waals surface area contributed by atoms with Gasteiger partial charge < -0.3 is 10.8 Å². The molecule has 0 fully saturated rings. The number of anilines is 1. The van der Waals surface area contributed by atoms with E-state index in [2.05, 4.69) is 43.4 Å². The number of aromatic hydroxyl groups is 1. The number of fused-ring (bicyclic) bond motifs is 1. The number of nitrogens with zero attached hydrogens (tertiary/aromatic N) is 4. The van der Waals surface area contributed by atoms with E-state index in [0.717, 1.165) is 31.3 Å². The fourth-order valence-corrected chi connectivity index (χ4v) is 6.84. The van der Waals surface area contributed by atoms with E-state index in [1.807, 2.05) is 0 Å². The van der Waals surface area contributed by atoms with Crippen LogP contribution >= 0.6 is 24.4 Å². The molecular weight excluding hydrogens is 715 g/mol. The molecule has 3 aromatic rings. The van der Waals surface area contributed by atoms with Crippen LogP contribution in [0.25, 0.3) is 10.8 Å². The second-order valence-corrected chi connectivity index (χ2v) is 14.1. The number of nitrogen functional groups attached to an aromatic ring is 1. The summed E-state index contributed by atoms with van der Waals surface area (Å²) in [6.45, 7) is -0.494. The van der Waals surface area contributed by atoms with Crippen LogP contribution in [0.4, 0.5) is 22.7 Å². The van der Waals surface area contributed by atoms with Crippen molar-refractivity contribution in [2.45, 2.75) is 19.6 Å². The maximum Gasteiger partial charge on any atom is 0.296 e. The lowest BCUT2D eigenvalue weighted by molar-refractivity contribution is -0.434. The summed E-state index contributed by atoms with van der Waals surface area (Å²) in [6.07, 6.45) is 0. The summed E-state index contributed by atoms with van der Waals surface area (Å²) in [7, 11) is -13.2. The van der Waals surface area contributed by atoms with Gasteiger partial charge in [-0.15, -0.1) is 18.9 Å². The number of sulfone groups is 1. The first kappa shape index (κ1) is 36.4. The molecule has 0 unspecified atom stereocenters. The van der Waals surface area contributed by atoms with Gasteiger partial charge in [0, 0.05) is 17.3 Å². The molecule has 26 heteroatoms. The number of phenols is 1. The van der Waals surface area contributed by atoms with Crippen molar-refractivity contribution in [3.63, 3.8) is 0 Å². The minimum Gasteiger partial charge on any atom is -0.505 e. The van der Waals surface area contributed by atoms with E-state index >= 15 is 0 Å². The van der Waals surface area contributed by atoms with Crippen LogP contribution in [0.1, 0.15) is 0 Å². The third kappa shape index (κ3) is 8.80. The van der Waals surface area contributed by atoms with Gasteiger partial charge in [0.25, 0.3) is 20.2 Å². The predicted molar refractivity (Wildman–Crippen MR) is 152 cm³/mol. The van der Waals surface area contributed by atoms with Gasteiger partial charge in [-0.05, 0) is 30.3 Å². The van der Waals surface area contributed by atoms with Crippen LogP contribution in [0.15, 0.2) is 70.4 Å². The summed E-state index contributed by atoms with van der Waals surface area (Å²) < 4.78 is 106. The normalized spacial score (nSPS) is 13.0. The fourth-order valence-electron chi connectivity index (χ4n) is 3.52. The van der Waals surface area contributed by atoms with E-state index in [1.165, 1.54) is 0 Å². The molecule has 0 amide bonds. The van der Waals surface area contributed by atoms with Gasteiger partial charge in [-0.25, -0.2) is 18.9 Å². The van der Waals surface area contributed by atoms with Gasteiger partial charge in [0.1, 0.15) is 26.9 Å². The van der Waals surface area contributed by atoms with Gasteiger partial charge in [0.05, 0.1) is 40.4 Å². The molecule has 7 N–H and O–H groups in total. The summed E-state index contributed by atoms with van der Waals surface area (Å²) in [5.41, 5.74) is 4.12. The van der Waals surface area contributed by atoms with Gasteiger partial charge in [-0.3, -0.25) is 13.3 Å². The zero-order valence-electron chi connectivity index (χ0n) is 21.9. The zero-order valence-corrected chi connectivity index (χ0v) is 26.0. The van der Waals surface area contributed by atoms with E-state index in [4.69, 9.17) is 16.2 Å². The van der Waals surface area contributed by atoms with Crippen LogP contribution in [0, 0.1) is 0 Å². The topological polar surface area (TPSA) is 325 Å². The Morgan fingerprint density at radius 3 is 2.11 bits per heavy atom. The Morgan fingerprint density at radius 1 is 0.867 bits per heavy atom. The van der Waals surface area contributed by atoms with E-state index in [0.29, 0.717) is 6.07 Å². The number of azo groups is 2. The standard InChI is InChI=1S/C19H19N5O16S5/c1-21-24-18-15(45(33,34)35)7-10-13(41-39-37-26)8-12(17(20)16(10)19(18)25)23-22-11-3-2-9(6-14(11)44(30,31)32)43(28,29)5-4-36-42-40-38-27/h2-3,6-8,25-27H,4-5,20H2,1H3,(H,30,31,32)(H,33,34,35). The van der Waals surface area contributed by atoms with Gasteiger partial charge in [0.2, 0.25) is 0 Å². The zero-order chi connectivity index (χ0) is 33.6. The molecular formula is C19H19N5O16S5. The molecule has 3 rings (SSSR count). The van der Waals surface area contributed by atoms with Crippen LogP contribution < -0.4 is 5.73 Å². The second kappa shape index (κ2) is 15.0. The third-order valence-corrected chi connectivity index (χ3v) is 9.78. The number of phenolic OH excluding ortho intramolecular Hbond substituents is 1. The molecule has 0 atom stereocenters. The van der Waals surface area contributed by atoms with Gasteiger partial charge in [-0.1, -0.05) is 10.1 Å². The number of rotatable bonds is 15. The fraction of sp³-hybridized carbons (Fsp3) is 0.158. The van der Waals surface area contributed by atoms with Crippen molar-refractivity contribution in [1.29, 1.82) is 0 Å². The first-order chi connectivity index (χ1) is 21.1. The molecule has 0 aliphatic heterocycles. The Labute approximate surface area is 261 Å². The second-order valence-electron chi connectivity index (χ2n) is 7.96. The molecule has 0 radical (unpaired) electrons. The van der Waals surface area contributed by atoms with Crippen LogP contribution in [0.3, 0.4) is 0 Å². The molecule has 3 aromatic carbocycles. The summed E-state index contributed by atoms with van der Waals surface area (Å²) >= 11 is 0.366. The molecule has 0 saturated carbocycles.